The minimum atomic E-state index is 0.477. The highest BCUT2D eigenvalue weighted by Gasteiger charge is 1.72. The fourth-order valence-electron chi connectivity index (χ4n) is 0.0655. The Labute approximate surface area is 44.7 Å². The maximum Gasteiger partial charge on any atom is 0.207 e. The maximum absolute atomic E-state index is 9.38. The summed E-state index contributed by atoms with van der Waals surface area (Å²) < 4.78 is 0. The van der Waals surface area contributed by atoms with Crippen LogP contribution in [-0.2, 0) is 4.79 Å². The van der Waals surface area contributed by atoms with Gasteiger partial charge in [0.2, 0.25) is 6.41 Å². The van der Waals surface area contributed by atoms with Crippen molar-refractivity contribution in [2.24, 2.45) is 0 Å². The molecule has 2 nitrogen and oxygen atoms in total. The van der Waals surface area contributed by atoms with E-state index in [1.165, 1.54) is 0 Å². The van der Waals surface area contributed by atoms with Crippen LogP contribution < -0.4 is 5.32 Å². The summed E-state index contributed by atoms with van der Waals surface area (Å²) in [5.74, 6) is 0.477. The van der Waals surface area contributed by atoms with Gasteiger partial charge in [-0.05, 0) is 21.7 Å². The summed E-state index contributed by atoms with van der Waals surface area (Å²) in [5.41, 5.74) is 0. The summed E-state index contributed by atoms with van der Waals surface area (Å²) in [6, 6.07) is 0. The summed E-state index contributed by atoms with van der Waals surface area (Å²) >= 11 is 0. The van der Waals surface area contributed by atoms with Crippen molar-refractivity contribution in [1.29, 1.82) is 0 Å². The molecule has 0 unspecified atom stereocenters. The van der Waals surface area contributed by atoms with E-state index < -0.39 is 0 Å². The first-order valence-corrected chi connectivity index (χ1v) is 3.13. The summed E-state index contributed by atoms with van der Waals surface area (Å²) in [5, 5.41) is 2.35. The molecule has 0 aromatic carbocycles. The molecule has 0 saturated heterocycles. The van der Waals surface area contributed by atoms with E-state index in [2.05, 4.69) is 5.32 Å². The molecule has 4 heteroatoms. The molecule has 36 valence electrons. The quantitative estimate of drug-likeness (QED) is 0.340. The zero-order valence-electron chi connectivity index (χ0n) is 2.98. The number of hydrogen-bond acceptors (Lipinski definition) is 2. The van der Waals surface area contributed by atoms with E-state index in [0.29, 0.717) is 12.3 Å². The molecule has 0 saturated carbocycles. The third kappa shape index (κ3) is 4.11. The second-order valence-electron chi connectivity index (χ2n) is 0.575. The second-order valence-corrected chi connectivity index (χ2v) is 1.74. The molecule has 0 radical (unpaired) electrons. The summed E-state index contributed by atoms with van der Waals surface area (Å²) in [6.45, 7) is 0. The van der Waals surface area contributed by atoms with Gasteiger partial charge in [0.25, 0.3) is 0 Å². The van der Waals surface area contributed by atoms with Gasteiger partial charge in [-0.25, -0.2) is 0 Å². The molecule has 0 aliphatic carbocycles. The highest BCUT2D eigenvalue weighted by atomic mass is 35.7. The van der Waals surface area contributed by atoms with Crippen LogP contribution in [0.5, 0.6) is 0 Å². The van der Waals surface area contributed by atoms with Crippen molar-refractivity contribution >= 4 is 28.1 Å². The number of halogens is 1. The van der Waals surface area contributed by atoms with E-state index in [1.54, 1.807) is 0 Å². The van der Waals surface area contributed by atoms with E-state index >= 15 is 0 Å². The first-order chi connectivity index (χ1) is 2.91. The first kappa shape index (κ1) is 6.11. The largest absolute Gasteiger partial charge is 0.348 e. The average Bonchev–Trinajstić information content (AvgIpc) is 1.61. The van der Waals surface area contributed by atoms with Crippen LogP contribution >= 0.6 is 21.7 Å². The molecular formula is C2H4ClNOS. The van der Waals surface area contributed by atoms with Crippen molar-refractivity contribution in [1.82, 2.24) is 5.32 Å². The van der Waals surface area contributed by atoms with Crippen molar-refractivity contribution in [2.45, 2.75) is 0 Å². The van der Waals surface area contributed by atoms with E-state index in [9.17, 15) is 4.79 Å². The Kier molecular flexibility index (Phi) is 5.20. The van der Waals surface area contributed by atoms with E-state index in [0.717, 1.165) is 11.0 Å². The third-order valence-corrected chi connectivity index (χ3v) is 0.824. The van der Waals surface area contributed by atoms with Crippen LogP contribution in [0, 0.1) is 0 Å². The Balaban J connectivity index is 2.49. The van der Waals surface area contributed by atoms with Gasteiger partial charge in [-0.2, -0.15) is 0 Å². The molecule has 0 fully saturated rings. The van der Waals surface area contributed by atoms with Gasteiger partial charge in [0.1, 0.15) is 0 Å². The summed E-state index contributed by atoms with van der Waals surface area (Å²) in [7, 11) is 6.13. The van der Waals surface area contributed by atoms with Crippen LogP contribution in [0.4, 0.5) is 0 Å². The van der Waals surface area contributed by atoms with Crippen LogP contribution in [0.15, 0.2) is 0 Å². The zero-order chi connectivity index (χ0) is 4.83. The maximum atomic E-state index is 9.38. The van der Waals surface area contributed by atoms with Crippen molar-refractivity contribution in [3.63, 3.8) is 0 Å². The smallest absolute Gasteiger partial charge is 0.207 e. The number of amides is 1. The lowest BCUT2D eigenvalue weighted by Crippen LogP contribution is -2.06. The Morgan fingerprint density at radius 1 is 2.00 bits per heavy atom. The van der Waals surface area contributed by atoms with Gasteiger partial charge >= 0.3 is 0 Å². The number of hydrogen-bond donors (Lipinski definition) is 1. The molecule has 0 aliphatic rings. The molecule has 0 atom stereocenters. The molecule has 1 amide bonds. The Morgan fingerprint density at radius 2 is 2.67 bits per heavy atom. The Morgan fingerprint density at radius 3 is 2.83 bits per heavy atom. The van der Waals surface area contributed by atoms with E-state index in [-0.39, 0.29) is 0 Å². The monoisotopic (exact) mass is 125 g/mol. The molecule has 6 heavy (non-hydrogen) atoms. The molecule has 0 aliphatic heterocycles. The van der Waals surface area contributed by atoms with Gasteiger partial charge in [-0.15, -0.1) is 0 Å². The molecular weight excluding hydrogens is 122 g/mol. The molecule has 1 N–H and O–H groups in total. The van der Waals surface area contributed by atoms with Gasteiger partial charge in [-0.3, -0.25) is 4.79 Å². The molecule has 0 rings (SSSR count). The lowest BCUT2D eigenvalue weighted by atomic mass is 11.2. The van der Waals surface area contributed by atoms with Crippen molar-refractivity contribution in [3.8, 4) is 0 Å². The summed E-state index contributed by atoms with van der Waals surface area (Å²) in [6.07, 6.45) is 0.607. The van der Waals surface area contributed by atoms with Gasteiger partial charge < -0.3 is 5.32 Å². The molecule has 0 aromatic rings. The van der Waals surface area contributed by atoms with E-state index in [1.807, 2.05) is 0 Å². The molecule has 0 heterocycles. The predicted molar refractivity (Wildman–Crippen MR) is 27.5 cm³/mol. The topological polar surface area (TPSA) is 29.1 Å². The molecule has 0 aromatic heterocycles. The van der Waals surface area contributed by atoms with Gasteiger partial charge in [0.15, 0.2) is 0 Å². The number of nitrogens with one attached hydrogen (secondary N) is 1. The Hall–Kier alpha value is 0.110. The predicted octanol–water partition coefficient (Wildman–Crippen LogP) is 0.577. The van der Waals surface area contributed by atoms with Crippen LogP contribution in [0.25, 0.3) is 0 Å². The van der Waals surface area contributed by atoms with Crippen molar-refractivity contribution in [2.75, 3.05) is 5.88 Å². The number of rotatable bonds is 3. The minimum Gasteiger partial charge on any atom is -0.348 e. The fourth-order valence-corrected chi connectivity index (χ4v) is 0.386. The summed E-state index contributed by atoms with van der Waals surface area (Å²) in [4.78, 5) is 9.38. The normalized spacial score (nSPS) is 7.50. The fraction of sp³-hybridized carbons (Fsp3) is 0.500. The zero-order valence-corrected chi connectivity index (χ0v) is 4.55. The average molecular weight is 126 g/mol. The third-order valence-electron chi connectivity index (χ3n) is 0.221. The van der Waals surface area contributed by atoms with Crippen LogP contribution in [0.3, 0.4) is 0 Å². The number of carbonyl (C=O) groups is 1. The van der Waals surface area contributed by atoms with Crippen LogP contribution in [0.1, 0.15) is 0 Å². The molecule has 0 spiro atoms. The van der Waals surface area contributed by atoms with Gasteiger partial charge in [0, 0.05) is 0 Å². The lowest BCUT2D eigenvalue weighted by Gasteiger charge is -1.83. The highest BCUT2D eigenvalue weighted by Crippen LogP contribution is 1.99. The van der Waals surface area contributed by atoms with E-state index in [4.69, 9.17) is 10.7 Å². The van der Waals surface area contributed by atoms with Crippen LogP contribution in [-0.4, -0.2) is 12.3 Å². The van der Waals surface area contributed by atoms with Gasteiger partial charge in [-0.1, -0.05) is 0 Å². The Bertz CT molecular complexity index is 42.5. The SMILES string of the molecule is O=CNCSCl. The van der Waals surface area contributed by atoms with Crippen molar-refractivity contribution < 1.29 is 4.79 Å². The second kappa shape index (κ2) is 5.11. The van der Waals surface area contributed by atoms with Gasteiger partial charge in [0.05, 0.1) is 5.88 Å². The standard InChI is InChI=1S/C2H4ClNOS/c3-6-2-4-1-5/h1H,2H2,(H,4,5). The first-order valence-electron chi connectivity index (χ1n) is 1.32. The van der Waals surface area contributed by atoms with Crippen LogP contribution in [0.2, 0.25) is 0 Å². The minimum absolute atomic E-state index is 0.477. The number of carbonyl (C=O) groups excluding carboxylic acids is 1. The van der Waals surface area contributed by atoms with Crippen molar-refractivity contribution in [3.05, 3.63) is 0 Å². The highest BCUT2D eigenvalue weighted by molar-refractivity contribution is 8.21. The molecule has 0 bridgehead atoms. The lowest BCUT2D eigenvalue weighted by molar-refractivity contribution is -0.109.